The summed E-state index contributed by atoms with van der Waals surface area (Å²) in [5.74, 6) is 2.57. The molecule has 0 aliphatic carbocycles. The lowest BCUT2D eigenvalue weighted by atomic mass is 10.00. The summed E-state index contributed by atoms with van der Waals surface area (Å²) < 4.78 is 4.18. The van der Waals surface area contributed by atoms with Gasteiger partial charge in [0.05, 0.1) is 5.69 Å². The molecule has 0 aliphatic heterocycles. The van der Waals surface area contributed by atoms with Crippen LogP contribution in [0.25, 0.3) is 0 Å². The number of rotatable bonds is 14. The van der Waals surface area contributed by atoms with E-state index in [1.807, 2.05) is 6.92 Å². The number of nitrogens with one attached hydrogen (secondary N) is 2. The highest BCUT2D eigenvalue weighted by Gasteiger charge is 2.07. The van der Waals surface area contributed by atoms with E-state index in [9.17, 15) is 0 Å². The average molecular weight is 431 g/mol. The fourth-order valence-electron chi connectivity index (χ4n) is 3.68. The minimum atomic E-state index is 0.651. The number of hydrogen-bond acceptors (Lipinski definition) is 4. The molecule has 2 rings (SSSR count). The van der Waals surface area contributed by atoms with Gasteiger partial charge in [0, 0.05) is 44.8 Å². The Balaban J connectivity index is 1.87. The van der Waals surface area contributed by atoms with E-state index in [1.54, 1.807) is 6.33 Å². The molecule has 0 aromatic carbocycles. The number of unbranched alkanes of at least 4 members (excludes halogenated alkanes) is 1. The van der Waals surface area contributed by atoms with Crippen molar-refractivity contribution in [2.75, 3.05) is 19.6 Å². The quantitative estimate of drug-likeness (QED) is 0.272. The molecular weight excluding hydrogens is 388 g/mol. The topological polar surface area (TPSA) is 85.0 Å². The van der Waals surface area contributed by atoms with Gasteiger partial charge in [-0.05, 0) is 38.7 Å². The first kappa shape index (κ1) is 24.9. The van der Waals surface area contributed by atoms with E-state index in [4.69, 9.17) is 4.99 Å². The molecule has 0 aliphatic rings. The van der Waals surface area contributed by atoms with Gasteiger partial charge in [-0.2, -0.15) is 5.10 Å². The van der Waals surface area contributed by atoms with Crippen molar-refractivity contribution in [2.45, 2.75) is 86.2 Å². The molecule has 1 unspecified atom stereocenters. The van der Waals surface area contributed by atoms with Gasteiger partial charge in [0.1, 0.15) is 12.2 Å². The molecule has 1 atom stereocenters. The number of guanidine groups is 1. The lowest BCUT2D eigenvalue weighted by Crippen LogP contribution is -2.40. The zero-order valence-electron chi connectivity index (χ0n) is 20.2. The molecular formula is C23H42N8. The summed E-state index contributed by atoms with van der Waals surface area (Å²) in [4.78, 5) is 4.91. The van der Waals surface area contributed by atoms with Crippen molar-refractivity contribution < 1.29 is 0 Å². The van der Waals surface area contributed by atoms with Crippen LogP contribution in [0.5, 0.6) is 0 Å². The van der Waals surface area contributed by atoms with Crippen molar-refractivity contribution in [3.63, 3.8) is 0 Å². The summed E-state index contributed by atoms with van der Waals surface area (Å²) in [7, 11) is 0. The maximum absolute atomic E-state index is 4.91. The van der Waals surface area contributed by atoms with Crippen LogP contribution in [-0.2, 0) is 19.5 Å². The van der Waals surface area contributed by atoms with E-state index in [1.165, 1.54) is 31.4 Å². The molecule has 2 N–H and O–H groups in total. The van der Waals surface area contributed by atoms with Gasteiger partial charge in [0.25, 0.3) is 0 Å². The molecule has 8 nitrogen and oxygen atoms in total. The number of hydrogen-bond donors (Lipinski definition) is 2. The second-order valence-electron chi connectivity index (χ2n) is 8.26. The van der Waals surface area contributed by atoms with Gasteiger partial charge < -0.3 is 15.2 Å². The number of aliphatic imine (C=N–C) groups is 1. The van der Waals surface area contributed by atoms with Crippen LogP contribution in [0, 0.1) is 19.8 Å². The van der Waals surface area contributed by atoms with Crippen molar-refractivity contribution in [2.24, 2.45) is 10.9 Å². The molecule has 0 radical (unpaired) electrons. The molecule has 0 saturated carbocycles. The maximum atomic E-state index is 4.91. The van der Waals surface area contributed by atoms with E-state index in [0.717, 1.165) is 63.0 Å². The van der Waals surface area contributed by atoms with Gasteiger partial charge in [0.15, 0.2) is 5.96 Å². The molecule has 0 fully saturated rings. The number of aryl methyl sites for hydroxylation is 4. The molecule has 174 valence electrons. The predicted molar refractivity (Wildman–Crippen MR) is 127 cm³/mol. The summed E-state index contributed by atoms with van der Waals surface area (Å²) in [6, 6.07) is 2.12. The Morgan fingerprint density at radius 2 is 1.90 bits per heavy atom. The summed E-state index contributed by atoms with van der Waals surface area (Å²) in [6.07, 6.45) is 8.64. The molecule has 0 spiro atoms. The SMILES string of the molecule is CCCCC(CC)CN=C(NCCCn1nc(C)cc1C)NCCn1cnnc1CC. The van der Waals surface area contributed by atoms with Crippen molar-refractivity contribution in [1.29, 1.82) is 0 Å². The standard InChI is InChI=1S/C23H42N8/c1-6-9-11-21(7-2)17-26-23(25-13-15-30-18-27-28-22(30)8-3)24-12-10-14-31-20(5)16-19(4)29-31/h16,18,21H,6-15,17H2,1-5H3,(H2,24,25,26). The van der Waals surface area contributed by atoms with Crippen molar-refractivity contribution in [3.8, 4) is 0 Å². The lowest BCUT2D eigenvalue weighted by molar-refractivity contribution is 0.460. The summed E-state index contributed by atoms with van der Waals surface area (Å²) in [6.45, 7) is 15.0. The molecule has 2 heterocycles. The fraction of sp³-hybridized carbons (Fsp3) is 0.739. The van der Waals surface area contributed by atoms with Crippen molar-refractivity contribution >= 4 is 5.96 Å². The van der Waals surface area contributed by atoms with E-state index in [2.05, 4.69) is 68.9 Å². The van der Waals surface area contributed by atoms with Crippen molar-refractivity contribution in [1.82, 2.24) is 35.2 Å². The van der Waals surface area contributed by atoms with Crippen LogP contribution in [-0.4, -0.2) is 50.1 Å². The van der Waals surface area contributed by atoms with E-state index < -0.39 is 0 Å². The number of nitrogens with zero attached hydrogens (tertiary/aromatic N) is 6. The number of aromatic nitrogens is 5. The molecule has 0 saturated heterocycles. The molecule has 31 heavy (non-hydrogen) atoms. The van der Waals surface area contributed by atoms with Crippen LogP contribution >= 0.6 is 0 Å². The predicted octanol–water partition coefficient (Wildman–Crippen LogP) is 3.50. The zero-order valence-corrected chi connectivity index (χ0v) is 20.2. The van der Waals surface area contributed by atoms with Gasteiger partial charge in [-0.25, -0.2) is 0 Å². The maximum Gasteiger partial charge on any atom is 0.191 e. The van der Waals surface area contributed by atoms with Gasteiger partial charge in [-0.3, -0.25) is 9.67 Å². The molecule has 8 heteroatoms. The highest BCUT2D eigenvalue weighted by Crippen LogP contribution is 2.12. The Labute approximate surface area is 187 Å². The van der Waals surface area contributed by atoms with Crippen molar-refractivity contribution in [3.05, 3.63) is 29.6 Å². The zero-order chi connectivity index (χ0) is 22.5. The summed E-state index contributed by atoms with van der Waals surface area (Å²) in [5.41, 5.74) is 2.29. The van der Waals surface area contributed by atoms with Gasteiger partial charge in [0.2, 0.25) is 0 Å². The first-order valence-corrected chi connectivity index (χ1v) is 12.0. The summed E-state index contributed by atoms with van der Waals surface area (Å²) >= 11 is 0. The van der Waals surface area contributed by atoms with Crippen LogP contribution in [0.3, 0.4) is 0 Å². The monoisotopic (exact) mass is 430 g/mol. The summed E-state index contributed by atoms with van der Waals surface area (Å²) in [5, 5.41) is 19.7. The molecule has 2 aromatic rings. The van der Waals surface area contributed by atoms with Crippen LogP contribution < -0.4 is 10.6 Å². The van der Waals surface area contributed by atoms with E-state index in [0.29, 0.717) is 5.92 Å². The second kappa shape index (κ2) is 13.8. The Hall–Kier alpha value is -2.38. The first-order chi connectivity index (χ1) is 15.1. The highest BCUT2D eigenvalue weighted by molar-refractivity contribution is 5.79. The van der Waals surface area contributed by atoms with Crippen LogP contribution in [0.1, 0.15) is 70.1 Å². The first-order valence-electron chi connectivity index (χ1n) is 12.0. The molecule has 0 bridgehead atoms. The molecule has 2 aromatic heterocycles. The fourth-order valence-corrected chi connectivity index (χ4v) is 3.68. The Kier molecular flexibility index (Phi) is 11.1. The smallest absolute Gasteiger partial charge is 0.191 e. The Bertz CT molecular complexity index is 776. The Morgan fingerprint density at radius 3 is 2.58 bits per heavy atom. The molecule has 0 amide bonds. The van der Waals surface area contributed by atoms with Gasteiger partial charge in [-0.1, -0.05) is 40.0 Å². The average Bonchev–Trinajstić information content (AvgIpc) is 3.35. The third kappa shape index (κ3) is 8.71. The largest absolute Gasteiger partial charge is 0.356 e. The van der Waals surface area contributed by atoms with Crippen LogP contribution in [0.2, 0.25) is 0 Å². The minimum Gasteiger partial charge on any atom is -0.356 e. The van der Waals surface area contributed by atoms with Crippen LogP contribution in [0.15, 0.2) is 17.4 Å². The van der Waals surface area contributed by atoms with E-state index >= 15 is 0 Å². The van der Waals surface area contributed by atoms with E-state index in [-0.39, 0.29) is 0 Å². The lowest BCUT2D eigenvalue weighted by Gasteiger charge is -2.16. The Morgan fingerprint density at radius 1 is 1.10 bits per heavy atom. The third-order valence-electron chi connectivity index (χ3n) is 5.65. The third-order valence-corrected chi connectivity index (χ3v) is 5.65. The second-order valence-corrected chi connectivity index (χ2v) is 8.26. The normalized spacial score (nSPS) is 12.9. The van der Waals surface area contributed by atoms with Gasteiger partial charge >= 0.3 is 0 Å². The van der Waals surface area contributed by atoms with Gasteiger partial charge in [-0.15, -0.1) is 10.2 Å². The van der Waals surface area contributed by atoms with Crippen LogP contribution in [0.4, 0.5) is 0 Å². The minimum absolute atomic E-state index is 0.651. The highest BCUT2D eigenvalue weighted by atomic mass is 15.3.